The van der Waals surface area contributed by atoms with E-state index in [-0.39, 0.29) is 5.75 Å². The summed E-state index contributed by atoms with van der Waals surface area (Å²) in [5.74, 6) is 0.187. The molecule has 0 fully saturated rings. The predicted molar refractivity (Wildman–Crippen MR) is 60.9 cm³/mol. The normalized spacial score (nSPS) is 10.2. The molecule has 0 amide bonds. The number of phenols is 1. The van der Waals surface area contributed by atoms with E-state index >= 15 is 0 Å². The van der Waals surface area contributed by atoms with E-state index in [1.165, 1.54) is 11.3 Å². The highest BCUT2D eigenvalue weighted by atomic mass is 127. The minimum atomic E-state index is 0.187. The summed E-state index contributed by atoms with van der Waals surface area (Å²) in [6.07, 6.45) is 0. The number of phenolic OH excluding ortho intramolecular Hbond substituents is 1. The summed E-state index contributed by atoms with van der Waals surface area (Å²) in [5.41, 5.74) is 0.567. The fourth-order valence-electron chi connectivity index (χ4n) is 1.18. The second kappa shape index (κ2) is 3.16. The van der Waals surface area contributed by atoms with Crippen LogP contribution < -0.4 is 0 Å². The van der Waals surface area contributed by atoms with Crippen LogP contribution in [0.3, 0.4) is 0 Å². The molecule has 2 aromatic rings. The third kappa shape index (κ3) is 1.28. The van der Waals surface area contributed by atoms with Gasteiger partial charge in [0.25, 0.3) is 0 Å². The molecule has 0 atom stereocenters. The fraction of sp³-hybridized carbons (Fsp3) is 0. The summed E-state index contributed by atoms with van der Waals surface area (Å²) in [6, 6.07) is 5.70. The first-order chi connectivity index (χ1) is 6.24. The maximum atomic E-state index is 9.50. The molecule has 1 aromatic heterocycles. The summed E-state index contributed by atoms with van der Waals surface area (Å²) < 4.78 is 1.58. The average molecular weight is 301 g/mol. The number of rotatable bonds is 0. The van der Waals surface area contributed by atoms with Gasteiger partial charge >= 0.3 is 0 Å². The quantitative estimate of drug-likeness (QED) is 0.760. The van der Waals surface area contributed by atoms with Crippen LogP contribution >= 0.6 is 33.9 Å². The molecule has 0 saturated heterocycles. The first-order valence-electron chi connectivity index (χ1n) is 3.53. The molecule has 1 N–H and O–H groups in total. The van der Waals surface area contributed by atoms with E-state index in [2.05, 4.69) is 6.07 Å². The van der Waals surface area contributed by atoms with E-state index in [4.69, 9.17) is 5.26 Å². The summed E-state index contributed by atoms with van der Waals surface area (Å²) in [7, 11) is 0. The van der Waals surface area contributed by atoms with E-state index in [0.717, 1.165) is 10.1 Å². The van der Waals surface area contributed by atoms with Crippen molar-refractivity contribution in [2.24, 2.45) is 0 Å². The third-order valence-electron chi connectivity index (χ3n) is 1.79. The van der Waals surface area contributed by atoms with Crippen LogP contribution in [0.1, 0.15) is 5.56 Å². The lowest BCUT2D eigenvalue weighted by Crippen LogP contribution is -1.82. The van der Waals surface area contributed by atoms with Gasteiger partial charge in [0, 0.05) is 10.1 Å². The van der Waals surface area contributed by atoms with E-state index in [1.54, 1.807) is 6.07 Å². The SMILES string of the molecule is N#Cc1c(I)c(O)cc2sccc12. The zero-order valence-corrected chi connectivity index (χ0v) is 9.39. The first-order valence-corrected chi connectivity index (χ1v) is 5.48. The van der Waals surface area contributed by atoms with E-state index in [9.17, 15) is 5.11 Å². The van der Waals surface area contributed by atoms with Gasteiger partial charge in [-0.15, -0.1) is 11.3 Å². The number of thiophene rings is 1. The summed E-state index contributed by atoms with van der Waals surface area (Å²) in [5, 5.41) is 21.2. The number of aromatic hydroxyl groups is 1. The minimum absolute atomic E-state index is 0.187. The van der Waals surface area contributed by atoms with Gasteiger partial charge < -0.3 is 5.11 Å². The molecule has 64 valence electrons. The summed E-state index contributed by atoms with van der Waals surface area (Å²) in [6.45, 7) is 0. The van der Waals surface area contributed by atoms with Crippen LogP contribution in [0, 0.1) is 14.9 Å². The Morgan fingerprint density at radius 1 is 1.54 bits per heavy atom. The number of hydrogen-bond acceptors (Lipinski definition) is 3. The van der Waals surface area contributed by atoms with E-state index in [1.807, 2.05) is 34.0 Å². The zero-order chi connectivity index (χ0) is 9.42. The van der Waals surface area contributed by atoms with Gasteiger partial charge in [-0.25, -0.2) is 0 Å². The Hall–Kier alpha value is -0.800. The fourth-order valence-corrected chi connectivity index (χ4v) is 2.58. The van der Waals surface area contributed by atoms with Crippen molar-refractivity contribution in [3.63, 3.8) is 0 Å². The number of fused-ring (bicyclic) bond motifs is 1. The molecule has 0 aliphatic heterocycles. The Balaban J connectivity index is 2.98. The number of benzene rings is 1. The third-order valence-corrected chi connectivity index (χ3v) is 3.74. The number of hydrogen-bond donors (Lipinski definition) is 1. The molecular formula is C9H4INOS. The molecule has 4 heteroatoms. The Morgan fingerprint density at radius 3 is 3.00 bits per heavy atom. The van der Waals surface area contributed by atoms with Crippen LogP contribution in [0.2, 0.25) is 0 Å². The Labute approximate surface area is 92.6 Å². The lowest BCUT2D eigenvalue weighted by molar-refractivity contribution is 0.472. The molecular weight excluding hydrogens is 297 g/mol. The largest absolute Gasteiger partial charge is 0.507 e. The molecule has 2 rings (SSSR count). The van der Waals surface area contributed by atoms with Crippen molar-refractivity contribution < 1.29 is 5.11 Å². The first kappa shape index (κ1) is 8.78. The van der Waals surface area contributed by atoms with Gasteiger partial charge in [-0.3, -0.25) is 0 Å². The molecule has 0 saturated carbocycles. The average Bonchev–Trinajstić information content (AvgIpc) is 2.54. The summed E-state index contributed by atoms with van der Waals surface area (Å²) in [4.78, 5) is 0. The van der Waals surface area contributed by atoms with Gasteiger partial charge in [0.05, 0.1) is 9.13 Å². The number of nitriles is 1. The van der Waals surface area contributed by atoms with Gasteiger partial charge in [0.15, 0.2) is 0 Å². The molecule has 0 radical (unpaired) electrons. The van der Waals surface area contributed by atoms with Crippen LogP contribution in [-0.4, -0.2) is 5.11 Å². The number of nitrogens with zero attached hydrogens (tertiary/aromatic N) is 1. The van der Waals surface area contributed by atoms with Crippen LogP contribution in [0.5, 0.6) is 5.75 Å². The van der Waals surface area contributed by atoms with Crippen LogP contribution in [-0.2, 0) is 0 Å². The van der Waals surface area contributed by atoms with Crippen molar-refractivity contribution in [3.05, 3.63) is 26.6 Å². The minimum Gasteiger partial charge on any atom is -0.507 e. The molecule has 0 aliphatic carbocycles. The van der Waals surface area contributed by atoms with Gasteiger partial charge in [-0.2, -0.15) is 5.26 Å². The summed E-state index contributed by atoms with van der Waals surface area (Å²) >= 11 is 3.51. The van der Waals surface area contributed by atoms with Crippen molar-refractivity contribution in [2.75, 3.05) is 0 Å². The van der Waals surface area contributed by atoms with E-state index < -0.39 is 0 Å². The highest BCUT2D eigenvalue weighted by Crippen LogP contribution is 2.33. The molecule has 0 bridgehead atoms. The van der Waals surface area contributed by atoms with Crippen molar-refractivity contribution in [1.29, 1.82) is 5.26 Å². The maximum Gasteiger partial charge on any atom is 0.131 e. The van der Waals surface area contributed by atoms with Crippen LogP contribution in [0.25, 0.3) is 10.1 Å². The van der Waals surface area contributed by atoms with Gasteiger partial charge in [-0.05, 0) is 40.1 Å². The highest BCUT2D eigenvalue weighted by molar-refractivity contribution is 14.1. The number of halogens is 1. The molecule has 0 unspecified atom stereocenters. The smallest absolute Gasteiger partial charge is 0.131 e. The molecule has 1 aromatic carbocycles. The van der Waals surface area contributed by atoms with Crippen LogP contribution in [0.4, 0.5) is 0 Å². The van der Waals surface area contributed by atoms with Gasteiger partial charge in [0.1, 0.15) is 11.8 Å². The zero-order valence-electron chi connectivity index (χ0n) is 6.41. The second-order valence-corrected chi connectivity index (χ2v) is 4.56. The molecule has 13 heavy (non-hydrogen) atoms. The maximum absolute atomic E-state index is 9.50. The van der Waals surface area contributed by atoms with Crippen molar-refractivity contribution in [1.82, 2.24) is 0 Å². The van der Waals surface area contributed by atoms with Crippen molar-refractivity contribution in [2.45, 2.75) is 0 Å². The lowest BCUT2D eigenvalue weighted by Gasteiger charge is -2.00. The van der Waals surface area contributed by atoms with Gasteiger partial charge in [-0.1, -0.05) is 0 Å². The monoisotopic (exact) mass is 301 g/mol. The van der Waals surface area contributed by atoms with Crippen molar-refractivity contribution in [3.8, 4) is 11.8 Å². The highest BCUT2D eigenvalue weighted by Gasteiger charge is 2.10. The Morgan fingerprint density at radius 2 is 2.31 bits per heavy atom. The van der Waals surface area contributed by atoms with E-state index in [0.29, 0.717) is 9.13 Å². The molecule has 1 heterocycles. The van der Waals surface area contributed by atoms with Crippen molar-refractivity contribution >= 4 is 44.0 Å². The standard InChI is InChI=1S/C9H4INOS/c10-9-6(4-11)5-1-2-13-8(5)3-7(9)12/h1-3,12H. The lowest BCUT2D eigenvalue weighted by atomic mass is 10.1. The molecule has 0 spiro atoms. The predicted octanol–water partition coefficient (Wildman–Crippen LogP) is 3.08. The Kier molecular flexibility index (Phi) is 2.14. The topological polar surface area (TPSA) is 44.0 Å². The van der Waals surface area contributed by atoms with Crippen LogP contribution in [0.15, 0.2) is 17.5 Å². The molecule has 2 nitrogen and oxygen atoms in total. The Bertz CT molecular complexity index is 512. The molecule has 0 aliphatic rings. The van der Waals surface area contributed by atoms with Gasteiger partial charge in [0.2, 0.25) is 0 Å². The second-order valence-electron chi connectivity index (χ2n) is 2.53.